The van der Waals surface area contributed by atoms with E-state index in [1.54, 1.807) is 13.8 Å². The molecule has 0 radical (unpaired) electrons. The summed E-state index contributed by atoms with van der Waals surface area (Å²) in [5.74, 6) is -0.322. The van der Waals surface area contributed by atoms with E-state index in [4.69, 9.17) is 10.5 Å². The fourth-order valence-corrected chi connectivity index (χ4v) is 3.81. The molecule has 0 aliphatic carbocycles. The van der Waals surface area contributed by atoms with Crippen LogP contribution in [0.5, 0.6) is 0 Å². The van der Waals surface area contributed by atoms with Gasteiger partial charge in [0, 0.05) is 31.7 Å². The molecule has 0 N–H and O–H groups in total. The molecule has 0 aliphatic rings. The minimum atomic E-state index is -3.57. The van der Waals surface area contributed by atoms with Crippen molar-refractivity contribution in [2.75, 3.05) is 26.2 Å². The summed E-state index contributed by atoms with van der Waals surface area (Å²) in [4.78, 5) is 14.1. The van der Waals surface area contributed by atoms with Gasteiger partial charge in [-0.15, -0.1) is 0 Å². The van der Waals surface area contributed by atoms with Crippen LogP contribution in [0.2, 0.25) is 0 Å². The van der Waals surface area contributed by atoms with E-state index < -0.39 is 10.0 Å². The van der Waals surface area contributed by atoms with E-state index in [-0.39, 0.29) is 36.7 Å². The number of amides is 1. The third kappa shape index (κ3) is 5.28. The first-order valence-electron chi connectivity index (χ1n) is 8.05. The van der Waals surface area contributed by atoms with Gasteiger partial charge in [-0.1, -0.05) is 13.8 Å². The number of hydrogen-bond donors (Lipinski definition) is 0. The van der Waals surface area contributed by atoms with Crippen LogP contribution in [0.15, 0.2) is 29.2 Å². The van der Waals surface area contributed by atoms with E-state index in [1.807, 2.05) is 12.1 Å². The van der Waals surface area contributed by atoms with Gasteiger partial charge in [0.2, 0.25) is 10.0 Å². The van der Waals surface area contributed by atoms with E-state index in [9.17, 15) is 13.2 Å². The van der Waals surface area contributed by atoms with Gasteiger partial charge in [-0.2, -0.15) is 14.8 Å². The molecule has 0 heterocycles. The van der Waals surface area contributed by atoms with Gasteiger partial charge in [0.1, 0.15) is 0 Å². The number of hydrogen-bond acceptors (Lipinski definition) is 5. The van der Waals surface area contributed by atoms with Crippen molar-refractivity contribution in [3.8, 4) is 12.1 Å². The topological polar surface area (TPSA) is 105 Å². The Hall–Kier alpha value is -2.42. The van der Waals surface area contributed by atoms with Crippen LogP contribution in [0, 0.1) is 22.7 Å². The van der Waals surface area contributed by atoms with Crippen molar-refractivity contribution in [2.45, 2.75) is 31.6 Å². The molecular formula is C17H22N4O3S. The van der Waals surface area contributed by atoms with Gasteiger partial charge in [0.15, 0.2) is 0 Å². The van der Waals surface area contributed by atoms with E-state index in [0.717, 1.165) is 0 Å². The van der Waals surface area contributed by atoms with Crippen molar-refractivity contribution < 1.29 is 13.2 Å². The second-order valence-electron chi connectivity index (χ2n) is 5.22. The van der Waals surface area contributed by atoms with Gasteiger partial charge in [-0.25, -0.2) is 8.42 Å². The molecule has 0 saturated carbocycles. The molecule has 1 aromatic rings. The Morgan fingerprint density at radius 3 is 1.88 bits per heavy atom. The first-order chi connectivity index (χ1) is 11.9. The maximum Gasteiger partial charge on any atom is 0.253 e. The SMILES string of the molecule is CCN(CC)S(=O)(=O)c1ccc(C(=O)N(CCC#N)CCC#N)cc1. The predicted octanol–water partition coefficient (Wildman–Crippen LogP) is 1.99. The summed E-state index contributed by atoms with van der Waals surface area (Å²) in [6.45, 7) is 4.74. The first kappa shape index (κ1) is 20.6. The van der Waals surface area contributed by atoms with E-state index in [1.165, 1.54) is 33.5 Å². The summed E-state index contributed by atoms with van der Waals surface area (Å²) in [7, 11) is -3.57. The molecule has 1 rings (SSSR count). The Kier molecular flexibility index (Phi) is 8.06. The Morgan fingerprint density at radius 1 is 1.00 bits per heavy atom. The minimum absolute atomic E-state index is 0.133. The zero-order valence-electron chi connectivity index (χ0n) is 14.5. The quantitative estimate of drug-likeness (QED) is 0.668. The van der Waals surface area contributed by atoms with Crippen molar-refractivity contribution in [1.29, 1.82) is 10.5 Å². The zero-order valence-corrected chi connectivity index (χ0v) is 15.3. The number of carbonyl (C=O) groups is 1. The molecule has 1 amide bonds. The molecule has 1 aromatic carbocycles. The summed E-state index contributed by atoms with van der Waals surface area (Å²) < 4.78 is 26.2. The maximum absolute atomic E-state index is 12.5. The molecule has 25 heavy (non-hydrogen) atoms. The van der Waals surface area contributed by atoms with Gasteiger partial charge < -0.3 is 4.90 Å². The summed E-state index contributed by atoms with van der Waals surface area (Å²) in [5, 5.41) is 17.4. The average Bonchev–Trinajstić information content (AvgIpc) is 2.62. The van der Waals surface area contributed by atoms with Crippen molar-refractivity contribution in [3.05, 3.63) is 29.8 Å². The molecule has 0 aromatic heterocycles. The van der Waals surface area contributed by atoms with Crippen LogP contribution >= 0.6 is 0 Å². The van der Waals surface area contributed by atoms with Gasteiger partial charge in [-0.05, 0) is 24.3 Å². The molecule has 0 bridgehead atoms. The number of rotatable bonds is 9. The van der Waals surface area contributed by atoms with Crippen molar-refractivity contribution in [1.82, 2.24) is 9.21 Å². The normalized spacial score (nSPS) is 10.9. The third-order valence-electron chi connectivity index (χ3n) is 3.72. The average molecular weight is 362 g/mol. The standard InChI is InChI=1S/C17H22N4O3S/c1-3-21(4-2)25(23,24)16-9-7-15(8-10-16)17(22)20(13-5-11-18)14-6-12-19/h7-10H,3-6,13-14H2,1-2H3. The lowest BCUT2D eigenvalue weighted by molar-refractivity contribution is 0.0762. The lowest BCUT2D eigenvalue weighted by atomic mass is 10.2. The largest absolute Gasteiger partial charge is 0.337 e. The Bertz CT molecular complexity index is 739. The van der Waals surface area contributed by atoms with Crippen LogP contribution in [0.3, 0.4) is 0 Å². The fraction of sp³-hybridized carbons (Fsp3) is 0.471. The predicted molar refractivity (Wildman–Crippen MR) is 92.9 cm³/mol. The summed E-state index contributed by atoms with van der Waals surface area (Å²) >= 11 is 0. The molecule has 0 unspecified atom stereocenters. The third-order valence-corrected chi connectivity index (χ3v) is 5.78. The molecule has 0 spiro atoms. The second-order valence-corrected chi connectivity index (χ2v) is 7.16. The number of nitriles is 2. The minimum Gasteiger partial charge on any atom is -0.337 e. The van der Waals surface area contributed by atoms with Crippen molar-refractivity contribution in [2.24, 2.45) is 0 Å². The van der Waals surface area contributed by atoms with Crippen LogP contribution in [0.25, 0.3) is 0 Å². The molecule has 7 nitrogen and oxygen atoms in total. The van der Waals surface area contributed by atoms with Gasteiger partial charge in [-0.3, -0.25) is 4.79 Å². The van der Waals surface area contributed by atoms with Crippen molar-refractivity contribution >= 4 is 15.9 Å². The van der Waals surface area contributed by atoms with Gasteiger partial charge in [0.25, 0.3) is 5.91 Å². The second kappa shape index (κ2) is 9.77. The highest BCUT2D eigenvalue weighted by molar-refractivity contribution is 7.89. The lowest BCUT2D eigenvalue weighted by Gasteiger charge is -2.21. The van der Waals surface area contributed by atoms with E-state index in [2.05, 4.69) is 0 Å². The summed E-state index contributed by atoms with van der Waals surface area (Å²) in [5.41, 5.74) is 0.328. The van der Waals surface area contributed by atoms with Gasteiger partial charge >= 0.3 is 0 Å². The zero-order chi connectivity index (χ0) is 18.9. The molecule has 8 heteroatoms. The molecule has 0 saturated heterocycles. The van der Waals surface area contributed by atoms with E-state index >= 15 is 0 Å². The highest BCUT2D eigenvalue weighted by Gasteiger charge is 2.22. The number of benzene rings is 1. The number of carbonyl (C=O) groups excluding carboxylic acids is 1. The van der Waals surface area contributed by atoms with Crippen LogP contribution in [-0.2, 0) is 10.0 Å². The van der Waals surface area contributed by atoms with Gasteiger partial charge in [0.05, 0.1) is 29.9 Å². The summed E-state index contributed by atoms with van der Waals surface area (Å²) in [6.07, 6.45) is 0.344. The first-order valence-corrected chi connectivity index (χ1v) is 9.49. The Labute approximate surface area is 149 Å². The molecule has 134 valence electrons. The highest BCUT2D eigenvalue weighted by atomic mass is 32.2. The Balaban J connectivity index is 3.02. The van der Waals surface area contributed by atoms with Crippen LogP contribution in [-0.4, -0.2) is 49.7 Å². The molecule has 0 atom stereocenters. The van der Waals surface area contributed by atoms with E-state index in [0.29, 0.717) is 18.7 Å². The molecule has 0 aliphatic heterocycles. The van der Waals surface area contributed by atoms with Crippen LogP contribution in [0.4, 0.5) is 0 Å². The molecule has 0 fully saturated rings. The maximum atomic E-state index is 12.5. The molecular weight excluding hydrogens is 340 g/mol. The lowest BCUT2D eigenvalue weighted by Crippen LogP contribution is -2.33. The fourth-order valence-electron chi connectivity index (χ4n) is 2.35. The summed E-state index contributed by atoms with van der Waals surface area (Å²) in [6, 6.07) is 9.69. The number of sulfonamides is 1. The highest BCUT2D eigenvalue weighted by Crippen LogP contribution is 2.17. The van der Waals surface area contributed by atoms with Crippen LogP contribution < -0.4 is 0 Å². The van der Waals surface area contributed by atoms with Crippen LogP contribution in [0.1, 0.15) is 37.0 Å². The van der Waals surface area contributed by atoms with Crippen molar-refractivity contribution in [3.63, 3.8) is 0 Å². The Morgan fingerprint density at radius 2 is 1.48 bits per heavy atom. The smallest absolute Gasteiger partial charge is 0.253 e. The monoisotopic (exact) mass is 362 g/mol. The number of nitrogens with zero attached hydrogens (tertiary/aromatic N) is 4.